The minimum absolute atomic E-state index is 0.313. The first-order valence-corrected chi connectivity index (χ1v) is 8.52. The van der Waals surface area contributed by atoms with Crippen molar-refractivity contribution >= 4 is 5.69 Å². The van der Waals surface area contributed by atoms with E-state index in [1.807, 2.05) is 0 Å². The van der Waals surface area contributed by atoms with E-state index in [9.17, 15) is 0 Å². The van der Waals surface area contributed by atoms with Crippen molar-refractivity contribution in [3.05, 3.63) is 23.8 Å². The molecule has 21 heavy (non-hydrogen) atoms. The maximum atomic E-state index is 5.96. The molecular formula is C18H30N2O. The molecule has 0 amide bonds. The van der Waals surface area contributed by atoms with Gasteiger partial charge in [-0.15, -0.1) is 0 Å². The third kappa shape index (κ3) is 4.63. The van der Waals surface area contributed by atoms with E-state index >= 15 is 0 Å². The fourth-order valence-corrected chi connectivity index (χ4v) is 2.74. The van der Waals surface area contributed by atoms with Crippen LogP contribution < -0.4 is 10.1 Å². The number of anilines is 1. The van der Waals surface area contributed by atoms with Gasteiger partial charge in [0.05, 0.1) is 12.2 Å². The number of hydrogen-bond acceptors (Lipinski definition) is 3. The maximum absolute atomic E-state index is 5.96. The molecule has 0 saturated carbocycles. The number of nitrogens with zero attached hydrogens (tertiary/aromatic N) is 1. The number of nitrogens with one attached hydrogen (secondary N) is 1. The van der Waals surface area contributed by atoms with Crippen molar-refractivity contribution in [1.29, 1.82) is 0 Å². The SMILES string of the molecule is CCCCN(CC)CCc1ccc2c(c1)NCC(CC)O2. The van der Waals surface area contributed by atoms with Crippen LogP contribution in [0.15, 0.2) is 18.2 Å². The van der Waals surface area contributed by atoms with Gasteiger partial charge in [0.15, 0.2) is 0 Å². The van der Waals surface area contributed by atoms with E-state index in [2.05, 4.69) is 49.2 Å². The summed E-state index contributed by atoms with van der Waals surface area (Å²) in [6.45, 7) is 11.1. The summed E-state index contributed by atoms with van der Waals surface area (Å²) in [6.07, 6.45) is 5.05. The molecule has 0 fully saturated rings. The Kier molecular flexibility index (Phi) is 6.37. The van der Waals surface area contributed by atoms with Gasteiger partial charge in [0.2, 0.25) is 0 Å². The molecule has 1 aliphatic rings. The van der Waals surface area contributed by atoms with Gasteiger partial charge in [-0.3, -0.25) is 0 Å². The summed E-state index contributed by atoms with van der Waals surface area (Å²) in [5.74, 6) is 1.01. The fourth-order valence-electron chi connectivity index (χ4n) is 2.74. The summed E-state index contributed by atoms with van der Waals surface area (Å²) in [5, 5.41) is 3.50. The van der Waals surface area contributed by atoms with Crippen LogP contribution in [-0.2, 0) is 6.42 Å². The number of unbranched alkanes of at least 4 members (excludes halogenated alkanes) is 1. The Labute approximate surface area is 129 Å². The van der Waals surface area contributed by atoms with Crippen LogP contribution in [0.1, 0.15) is 45.6 Å². The van der Waals surface area contributed by atoms with Crippen LogP contribution >= 0.6 is 0 Å². The molecule has 3 nitrogen and oxygen atoms in total. The number of fused-ring (bicyclic) bond motifs is 1. The second-order valence-electron chi connectivity index (χ2n) is 5.90. The summed E-state index contributed by atoms with van der Waals surface area (Å²) >= 11 is 0. The molecule has 0 aromatic heterocycles. The van der Waals surface area contributed by atoms with Crippen molar-refractivity contribution in [2.45, 2.75) is 52.6 Å². The zero-order valence-electron chi connectivity index (χ0n) is 13.8. The van der Waals surface area contributed by atoms with Gasteiger partial charge >= 0.3 is 0 Å². The molecule has 0 saturated heterocycles. The molecule has 118 valence electrons. The lowest BCUT2D eigenvalue weighted by molar-refractivity contribution is 0.201. The topological polar surface area (TPSA) is 24.5 Å². The standard InChI is InChI=1S/C18H30N2O/c1-4-7-11-20(6-3)12-10-15-8-9-18-17(13-15)19-14-16(5-2)21-18/h8-9,13,16,19H,4-7,10-12,14H2,1-3H3. The van der Waals surface area contributed by atoms with E-state index in [0.29, 0.717) is 6.10 Å². The zero-order valence-corrected chi connectivity index (χ0v) is 13.8. The highest BCUT2D eigenvalue weighted by Crippen LogP contribution is 2.30. The van der Waals surface area contributed by atoms with Crippen LogP contribution in [0.3, 0.4) is 0 Å². The van der Waals surface area contributed by atoms with Crippen molar-refractivity contribution in [3.63, 3.8) is 0 Å². The Morgan fingerprint density at radius 2 is 2.10 bits per heavy atom. The molecule has 0 spiro atoms. The molecule has 3 heteroatoms. The molecule has 1 aliphatic heterocycles. The Balaban J connectivity index is 1.90. The highest BCUT2D eigenvalue weighted by Gasteiger charge is 2.17. The molecule has 0 bridgehead atoms. The van der Waals surface area contributed by atoms with Gasteiger partial charge in [-0.2, -0.15) is 0 Å². The molecule has 1 atom stereocenters. The second-order valence-corrected chi connectivity index (χ2v) is 5.90. The van der Waals surface area contributed by atoms with Gasteiger partial charge in [-0.05, 0) is 50.0 Å². The van der Waals surface area contributed by atoms with Crippen LogP contribution in [0, 0.1) is 0 Å². The number of ether oxygens (including phenoxy) is 1. The third-order valence-electron chi connectivity index (χ3n) is 4.30. The first kappa shape index (κ1) is 16.2. The van der Waals surface area contributed by atoms with E-state index < -0.39 is 0 Å². The predicted octanol–water partition coefficient (Wildman–Crippen LogP) is 3.93. The smallest absolute Gasteiger partial charge is 0.142 e. The van der Waals surface area contributed by atoms with Gasteiger partial charge in [0.1, 0.15) is 11.9 Å². The lowest BCUT2D eigenvalue weighted by Crippen LogP contribution is -2.30. The first-order valence-electron chi connectivity index (χ1n) is 8.52. The van der Waals surface area contributed by atoms with Gasteiger partial charge < -0.3 is 15.0 Å². The number of hydrogen-bond donors (Lipinski definition) is 1. The Hall–Kier alpha value is -1.22. The molecule has 0 aliphatic carbocycles. The van der Waals surface area contributed by atoms with Gasteiger partial charge in [-0.1, -0.05) is 33.3 Å². The summed E-state index contributed by atoms with van der Waals surface area (Å²) in [7, 11) is 0. The monoisotopic (exact) mass is 290 g/mol. The Morgan fingerprint density at radius 1 is 1.24 bits per heavy atom. The molecule has 1 aromatic carbocycles. The van der Waals surface area contributed by atoms with E-state index in [4.69, 9.17) is 4.74 Å². The largest absolute Gasteiger partial charge is 0.486 e. The van der Waals surface area contributed by atoms with Crippen LogP contribution in [0.5, 0.6) is 5.75 Å². The predicted molar refractivity (Wildman–Crippen MR) is 90.4 cm³/mol. The van der Waals surface area contributed by atoms with Crippen molar-refractivity contribution < 1.29 is 4.74 Å². The summed E-state index contributed by atoms with van der Waals surface area (Å²) < 4.78 is 5.96. The summed E-state index contributed by atoms with van der Waals surface area (Å²) in [4.78, 5) is 2.54. The van der Waals surface area contributed by atoms with Gasteiger partial charge in [0.25, 0.3) is 0 Å². The van der Waals surface area contributed by atoms with Crippen molar-refractivity contribution in [1.82, 2.24) is 4.90 Å². The number of benzene rings is 1. The molecular weight excluding hydrogens is 260 g/mol. The third-order valence-corrected chi connectivity index (χ3v) is 4.30. The van der Waals surface area contributed by atoms with Crippen molar-refractivity contribution in [3.8, 4) is 5.75 Å². The molecule has 1 unspecified atom stereocenters. The highest BCUT2D eigenvalue weighted by molar-refractivity contribution is 5.59. The minimum atomic E-state index is 0.313. The van der Waals surface area contributed by atoms with E-state index in [1.54, 1.807) is 0 Å². The second kappa shape index (κ2) is 8.28. The molecule has 0 radical (unpaired) electrons. The molecule has 1 heterocycles. The van der Waals surface area contributed by atoms with Crippen LogP contribution in [0.2, 0.25) is 0 Å². The van der Waals surface area contributed by atoms with Crippen LogP contribution in [0.4, 0.5) is 5.69 Å². The summed E-state index contributed by atoms with van der Waals surface area (Å²) in [6, 6.07) is 6.60. The molecule has 1 aromatic rings. The Morgan fingerprint density at radius 3 is 2.81 bits per heavy atom. The first-order chi connectivity index (χ1) is 10.3. The van der Waals surface area contributed by atoms with Crippen molar-refractivity contribution in [2.24, 2.45) is 0 Å². The van der Waals surface area contributed by atoms with Gasteiger partial charge in [0, 0.05) is 6.54 Å². The van der Waals surface area contributed by atoms with E-state index in [1.165, 1.54) is 24.9 Å². The summed E-state index contributed by atoms with van der Waals surface area (Å²) in [5.41, 5.74) is 2.56. The minimum Gasteiger partial charge on any atom is -0.486 e. The molecule has 2 rings (SSSR count). The van der Waals surface area contributed by atoms with Crippen LogP contribution in [0.25, 0.3) is 0 Å². The Bertz CT molecular complexity index is 433. The average molecular weight is 290 g/mol. The van der Waals surface area contributed by atoms with Gasteiger partial charge in [-0.25, -0.2) is 0 Å². The van der Waals surface area contributed by atoms with E-state index in [0.717, 1.165) is 43.9 Å². The van der Waals surface area contributed by atoms with Crippen LogP contribution in [-0.4, -0.2) is 37.2 Å². The average Bonchev–Trinajstić information content (AvgIpc) is 2.54. The lowest BCUT2D eigenvalue weighted by atomic mass is 10.1. The number of likely N-dealkylation sites (N-methyl/N-ethyl adjacent to an activating group) is 1. The molecule has 1 N–H and O–H groups in total. The lowest BCUT2D eigenvalue weighted by Gasteiger charge is -2.27. The van der Waals surface area contributed by atoms with E-state index in [-0.39, 0.29) is 0 Å². The number of rotatable bonds is 8. The quantitative estimate of drug-likeness (QED) is 0.785. The fraction of sp³-hybridized carbons (Fsp3) is 0.667. The normalized spacial score (nSPS) is 17.2. The van der Waals surface area contributed by atoms with Crippen molar-refractivity contribution in [2.75, 3.05) is 31.5 Å². The highest BCUT2D eigenvalue weighted by atomic mass is 16.5. The zero-order chi connectivity index (χ0) is 15.1. The maximum Gasteiger partial charge on any atom is 0.142 e.